The summed E-state index contributed by atoms with van der Waals surface area (Å²) in [4.78, 5) is 31.7. The number of rotatable bonds is 3. The third kappa shape index (κ3) is 3.51. The van der Waals surface area contributed by atoms with Gasteiger partial charge in [-0.2, -0.15) is 0 Å². The SMILES string of the molecule is CCN1OC2(CCN(C(=O)NCc3ccc(F)cc3)CC2)CC1=O. The molecule has 130 valence electrons. The van der Waals surface area contributed by atoms with Gasteiger partial charge in [0.1, 0.15) is 11.4 Å². The van der Waals surface area contributed by atoms with Gasteiger partial charge in [0.05, 0.1) is 6.42 Å². The molecule has 3 rings (SSSR count). The van der Waals surface area contributed by atoms with Gasteiger partial charge in [0.25, 0.3) is 0 Å². The lowest BCUT2D eigenvalue weighted by molar-refractivity contribution is -0.206. The molecule has 2 aliphatic heterocycles. The summed E-state index contributed by atoms with van der Waals surface area (Å²) in [6.45, 7) is 3.90. The van der Waals surface area contributed by atoms with E-state index in [1.54, 1.807) is 17.0 Å². The predicted octanol–water partition coefficient (Wildman–Crippen LogP) is 2.05. The van der Waals surface area contributed by atoms with Gasteiger partial charge in [-0.05, 0) is 37.5 Å². The molecule has 2 aliphatic rings. The number of carbonyl (C=O) groups excluding carboxylic acids is 2. The molecule has 0 aromatic heterocycles. The number of piperidine rings is 1. The Morgan fingerprint density at radius 2 is 1.96 bits per heavy atom. The molecule has 1 N–H and O–H groups in total. The highest BCUT2D eigenvalue weighted by Crippen LogP contribution is 2.36. The monoisotopic (exact) mass is 335 g/mol. The van der Waals surface area contributed by atoms with Crippen molar-refractivity contribution >= 4 is 11.9 Å². The van der Waals surface area contributed by atoms with E-state index in [0.29, 0.717) is 45.4 Å². The highest BCUT2D eigenvalue weighted by atomic mass is 19.1. The molecular formula is C17H22FN3O3. The zero-order valence-corrected chi connectivity index (χ0v) is 13.8. The van der Waals surface area contributed by atoms with Crippen LogP contribution in [-0.2, 0) is 16.2 Å². The first kappa shape index (κ1) is 16.7. The summed E-state index contributed by atoms with van der Waals surface area (Å²) in [5.41, 5.74) is 0.405. The van der Waals surface area contributed by atoms with Crippen LogP contribution in [0.25, 0.3) is 0 Å². The Labute approximate surface area is 140 Å². The molecule has 2 fully saturated rings. The van der Waals surface area contributed by atoms with E-state index in [1.807, 2.05) is 6.92 Å². The number of amides is 3. The van der Waals surface area contributed by atoms with Crippen LogP contribution in [0, 0.1) is 5.82 Å². The Bertz CT molecular complexity index is 612. The van der Waals surface area contributed by atoms with Crippen molar-refractivity contribution in [1.82, 2.24) is 15.3 Å². The second-order valence-corrected chi connectivity index (χ2v) is 6.31. The molecule has 3 amide bonds. The van der Waals surface area contributed by atoms with Crippen LogP contribution < -0.4 is 5.32 Å². The fourth-order valence-corrected chi connectivity index (χ4v) is 3.20. The second kappa shape index (κ2) is 6.76. The maximum Gasteiger partial charge on any atom is 0.317 e. The molecule has 1 spiro atoms. The van der Waals surface area contributed by atoms with Crippen LogP contribution in [0.2, 0.25) is 0 Å². The number of nitrogens with one attached hydrogen (secondary N) is 1. The lowest BCUT2D eigenvalue weighted by atomic mass is 9.89. The number of benzene rings is 1. The van der Waals surface area contributed by atoms with E-state index in [9.17, 15) is 14.0 Å². The van der Waals surface area contributed by atoms with Crippen LogP contribution in [0.5, 0.6) is 0 Å². The largest absolute Gasteiger partial charge is 0.334 e. The molecule has 2 saturated heterocycles. The van der Waals surface area contributed by atoms with E-state index in [4.69, 9.17) is 4.84 Å². The molecule has 6 nitrogen and oxygen atoms in total. The number of carbonyl (C=O) groups is 2. The Hall–Kier alpha value is -2.15. The van der Waals surface area contributed by atoms with Gasteiger partial charge in [-0.1, -0.05) is 12.1 Å². The minimum absolute atomic E-state index is 0.0201. The molecule has 0 saturated carbocycles. The summed E-state index contributed by atoms with van der Waals surface area (Å²) in [7, 11) is 0. The fraction of sp³-hybridized carbons (Fsp3) is 0.529. The standard InChI is InChI=1S/C17H22FN3O3/c1-2-21-15(22)11-17(24-21)7-9-20(10-8-17)16(23)19-12-13-3-5-14(18)6-4-13/h3-6H,2,7-12H2,1H3,(H,19,23). The maximum atomic E-state index is 12.9. The molecule has 1 aromatic rings. The second-order valence-electron chi connectivity index (χ2n) is 6.31. The Morgan fingerprint density at radius 1 is 1.29 bits per heavy atom. The van der Waals surface area contributed by atoms with E-state index in [1.165, 1.54) is 17.2 Å². The molecule has 7 heteroatoms. The molecule has 0 atom stereocenters. The molecule has 0 radical (unpaired) electrons. The summed E-state index contributed by atoms with van der Waals surface area (Å²) in [6.07, 6.45) is 1.70. The summed E-state index contributed by atoms with van der Waals surface area (Å²) < 4.78 is 12.9. The Balaban J connectivity index is 1.48. The Kier molecular flexibility index (Phi) is 4.71. The molecule has 0 unspecified atom stereocenters. The number of hydrogen-bond acceptors (Lipinski definition) is 3. The number of nitrogens with zero attached hydrogens (tertiary/aromatic N) is 2. The minimum atomic E-state index is -0.444. The number of likely N-dealkylation sites (tertiary alicyclic amines) is 1. The van der Waals surface area contributed by atoms with Crippen molar-refractivity contribution in [2.75, 3.05) is 19.6 Å². The number of hydroxylamine groups is 2. The summed E-state index contributed by atoms with van der Waals surface area (Å²) >= 11 is 0. The van der Waals surface area contributed by atoms with Gasteiger partial charge in [-0.3, -0.25) is 9.63 Å². The number of hydrogen-bond donors (Lipinski definition) is 1. The molecule has 0 aliphatic carbocycles. The van der Waals surface area contributed by atoms with Crippen molar-refractivity contribution < 1.29 is 18.8 Å². The fourth-order valence-electron chi connectivity index (χ4n) is 3.20. The van der Waals surface area contributed by atoms with Gasteiger partial charge in [0.15, 0.2) is 0 Å². The van der Waals surface area contributed by atoms with Crippen molar-refractivity contribution in [3.63, 3.8) is 0 Å². The predicted molar refractivity (Wildman–Crippen MR) is 85.3 cm³/mol. The summed E-state index contributed by atoms with van der Waals surface area (Å²) in [5, 5.41) is 4.26. The molecular weight excluding hydrogens is 313 g/mol. The number of halogens is 1. The van der Waals surface area contributed by atoms with E-state index < -0.39 is 5.60 Å². The van der Waals surface area contributed by atoms with Crippen LogP contribution in [0.3, 0.4) is 0 Å². The van der Waals surface area contributed by atoms with Gasteiger partial charge in [0, 0.05) is 26.2 Å². The van der Waals surface area contributed by atoms with Gasteiger partial charge < -0.3 is 10.2 Å². The van der Waals surface area contributed by atoms with Crippen molar-refractivity contribution in [1.29, 1.82) is 0 Å². The van der Waals surface area contributed by atoms with E-state index in [-0.39, 0.29) is 17.8 Å². The third-order valence-electron chi connectivity index (χ3n) is 4.66. The average molecular weight is 335 g/mol. The van der Waals surface area contributed by atoms with Gasteiger partial charge in [0.2, 0.25) is 5.91 Å². The van der Waals surface area contributed by atoms with Crippen molar-refractivity contribution in [3.05, 3.63) is 35.6 Å². The van der Waals surface area contributed by atoms with Crippen LogP contribution in [0.4, 0.5) is 9.18 Å². The Morgan fingerprint density at radius 3 is 2.54 bits per heavy atom. The zero-order chi connectivity index (χ0) is 17.2. The van der Waals surface area contributed by atoms with Crippen molar-refractivity contribution in [3.8, 4) is 0 Å². The maximum absolute atomic E-state index is 12.9. The van der Waals surface area contributed by atoms with Crippen LogP contribution in [-0.4, -0.2) is 47.1 Å². The molecule has 0 bridgehead atoms. The third-order valence-corrected chi connectivity index (χ3v) is 4.66. The van der Waals surface area contributed by atoms with Gasteiger partial charge >= 0.3 is 6.03 Å². The van der Waals surface area contributed by atoms with E-state index >= 15 is 0 Å². The normalized spacial score (nSPS) is 19.8. The molecule has 24 heavy (non-hydrogen) atoms. The van der Waals surface area contributed by atoms with Gasteiger partial charge in [-0.25, -0.2) is 14.2 Å². The lowest BCUT2D eigenvalue weighted by Crippen LogP contribution is -2.50. The highest BCUT2D eigenvalue weighted by molar-refractivity contribution is 5.78. The van der Waals surface area contributed by atoms with Crippen molar-refractivity contribution in [2.45, 2.75) is 38.3 Å². The highest BCUT2D eigenvalue weighted by Gasteiger charge is 2.46. The van der Waals surface area contributed by atoms with Crippen LogP contribution in [0.15, 0.2) is 24.3 Å². The smallest absolute Gasteiger partial charge is 0.317 e. The minimum Gasteiger partial charge on any atom is -0.334 e. The van der Waals surface area contributed by atoms with Crippen molar-refractivity contribution in [2.24, 2.45) is 0 Å². The first-order chi connectivity index (χ1) is 11.5. The molecule has 2 heterocycles. The zero-order valence-electron chi connectivity index (χ0n) is 13.8. The average Bonchev–Trinajstić information content (AvgIpc) is 2.90. The summed E-state index contributed by atoms with van der Waals surface area (Å²) in [5.74, 6) is -0.273. The van der Waals surface area contributed by atoms with Crippen LogP contribution >= 0.6 is 0 Å². The van der Waals surface area contributed by atoms with Gasteiger partial charge in [-0.15, -0.1) is 0 Å². The topological polar surface area (TPSA) is 61.9 Å². The van der Waals surface area contributed by atoms with Crippen LogP contribution in [0.1, 0.15) is 31.7 Å². The molecule has 1 aromatic carbocycles. The summed E-state index contributed by atoms with van der Waals surface area (Å²) in [6, 6.07) is 5.90. The van der Waals surface area contributed by atoms with E-state index in [0.717, 1.165) is 5.56 Å². The first-order valence-electron chi connectivity index (χ1n) is 8.28. The quantitative estimate of drug-likeness (QED) is 0.920. The lowest BCUT2D eigenvalue weighted by Gasteiger charge is -2.37. The number of urea groups is 1. The first-order valence-corrected chi connectivity index (χ1v) is 8.28. The van der Waals surface area contributed by atoms with E-state index in [2.05, 4.69) is 5.32 Å².